The van der Waals surface area contributed by atoms with E-state index in [-0.39, 0.29) is 30.0 Å². The highest BCUT2D eigenvalue weighted by molar-refractivity contribution is 9.10. The number of methoxy groups -OCH3 is 1. The van der Waals surface area contributed by atoms with Gasteiger partial charge in [0.15, 0.2) is 4.80 Å². The summed E-state index contributed by atoms with van der Waals surface area (Å²) >= 11 is 11.1. The minimum Gasteiger partial charge on any atom is -0.496 e. The van der Waals surface area contributed by atoms with Crippen LogP contribution in [0.3, 0.4) is 0 Å². The van der Waals surface area contributed by atoms with Crippen molar-refractivity contribution in [3.05, 3.63) is 128 Å². The smallest absolute Gasteiger partial charge is 0.338 e. The first-order valence-corrected chi connectivity index (χ1v) is 16.3. The molecule has 0 aliphatic carbocycles. The summed E-state index contributed by atoms with van der Waals surface area (Å²) in [5.41, 5.74) is 2.32. The minimum atomic E-state index is -0.895. The summed E-state index contributed by atoms with van der Waals surface area (Å²) in [7, 11) is 1.52. The Balaban J connectivity index is 1.65. The number of fused-ring (bicyclic) bond motifs is 1. The second-order valence-electron chi connectivity index (χ2n) is 10.2. The number of hydrogen-bond acceptors (Lipinski definition) is 9. The summed E-state index contributed by atoms with van der Waals surface area (Å²) in [6.45, 7) is 4.01. The Kier molecular flexibility index (Phi) is 10.4. The van der Waals surface area contributed by atoms with E-state index in [1.54, 1.807) is 49.4 Å². The second kappa shape index (κ2) is 14.4. The largest absolute Gasteiger partial charge is 0.496 e. The minimum absolute atomic E-state index is 0.00892. The zero-order chi connectivity index (χ0) is 33.0. The second-order valence-corrected chi connectivity index (χ2v) is 12.6. The number of esters is 1. The van der Waals surface area contributed by atoms with Gasteiger partial charge in [-0.25, -0.2) is 9.79 Å². The van der Waals surface area contributed by atoms with Gasteiger partial charge >= 0.3 is 5.97 Å². The highest BCUT2D eigenvalue weighted by Gasteiger charge is 2.36. The van der Waals surface area contributed by atoms with Crippen molar-refractivity contribution in [3.8, 4) is 11.5 Å². The zero-order valence-electron chi connectivity index (χ0n) is 25.1. The molecule has 0 N–H and O–H groups in total. The van der Waals surface area contributed by atoms with Crippen molar-refractivity contribution in [1.82, 2.24) is 4.57 Å². The number of hydrogen-bond donors (Lipinski definition) is 0. The van der Waals surface area contributed by atoms with Gasteiger partial charge < -0.3 is 14.2 Å². The number of benzene rings is 3. The normalized spacial score (nSPS) is 14.5. The van der Waals surface area contributed by atoms with Crippen LogP contribution >= 0.6 is 38.9 Å². The molecule has 0 spiro atoms. The van der Waals surface area contributed by atoms with E-state index in [1.165, 1.54) is 35.1 Å². The summed E-state index contributed by atoms with van der Waals surface area (Å²) in [5.74, 6) is 0.390. The van der Waals surface area contributed by atoms with Crippen molar-refractivity contribution in [1.29, 1.82) is 0 Å². The molecular formula is C33H29BrClN3O7S. The first-order chi connectivity index (χ1) is 22.1. The molecule has 0 radical (unpaired) electrons. The quantitative estimate of drug-likeness (QED) is 0.0984. The number of rotatable bonds is 11. The molecule has 0 unspecified atom stereocenters. The van der Waals surface area contributed by atoms with Crippen molar-refractivity contribution in [2.45, 2.75) is 39.3 Å². The van der Waals surface area contributed by atoms with Crippen LogP contribution in [-0.2, 0) is 16.1 Å². The van der Waals surface area contributed by atoms with E-state index in [0.29, 0.717) is 55.5 Å². The van der Waals surface area contributed by atoms with Crippen LogP contribution < -0.4 is 24.4 Å². The SMILES string of the molecule is CCCC1=C(C(=O)OCC)[C@H](c2cc(Cl)ccc2OC)n2c(s/c(=C/c3cc(Br)ccc3OCc3ccc([N+](=O)[O-])cc3)c2=O)=N1. The number of halogens is 2. The monoisotopic (exact) mass is 725 g/mol. The third kappa shape index (κ3) is 6.93. The maximum Gasteiger partial charge on any atom is 0.338 e. The van der Waals surface area contributed by atoms with Gasteiger partial charge in [0.1, 0.15) is 24.1 Å². The predicted octanol–water partition coefficient (Wildman–Crippen LogP) is 6.49. The molecule has 5 rings (SSSR count). The molecule has 10 nitrogen and oxygen atoms in total. The molecular weight excluding hydrogens is 698 g/mol. The lowest BCUT2D eigenvalue weighted by Gasteiger charge is -2.27. The third-order valence-electron chi connectivity index (χ3n) is 7.18. The van der Waals surface area contributed by atoms with E-state index in [9.17, 15) is 19.7 Å². The topological polar surface area (TPSA) is 122 Å². The van der Waals surface area contributed by atoms with E-state index in [1.807, 2.05) is 19.1 Å². The predicted molar refractivity (Wildman–Crippen MR) is 179 cm³/mol. The third-order valence-corrected chi connectivity index (χ3v) is 8.89. The molecule has 0 bridgehead atoms. The van der Waals surface area contributed by atoms with Gasteiger partial charge in [0.05, 0.1) is 34.4 Å². The number of ether oxygens (including phenoxy) is 3. The van der Waals surface area contributed by atoms with Crippen LogP contribution in [0.2, 0.25) is 5.02 Å². The fourth-order valence-corrected chi connectivity index (χ4v) is 6.68. The van der Waals surface area contributed by atoms with Gasteiger partial charge in [0, 0.05) is 32.8 Å². The van der Waals surface area contributed by atoms with Crippen LogP contribution in [-0.4, -0.2) is 29.2 Å². The summed E-state index contributed by atoms with van der Waals surface area (Å²) in [6, 6.07) is 15.7. The number of aromatic nitrogens is 1. The van der Waals surface area contributed by atoms with Gasteiger partial charge in [-0.3, -0.25) is 19.5 Å². The van der Waals surface area contributed by atoms with Crippen LogP contribution in [0, 0.1) is 10.1 Å². The van der Waals surface area contributed by atoms with Gasteiger partial charge in [-0.15, -0.1) is 0 Å². The molecule has 1 atom stereocenters. The van der Waals surface area contributed by atoms with Crippen molar-refractivity contribution >= 4 is 56.6 Å². The van der Waals surface area contributed by atoms with Crippen LogP contribution in [0.25, 0.3) is 6.08 Å². The molecule has 4 aromatic rings. The van der Waals surface area contributed by atoms with Gasteiger partial charge in [-0.2, -0.15) is 0 Å². The first kappa shape index (κ1) is 33.1. The van der Waals surface area contributed by atoms with Crippen molar-refractivity contribution in [3.63, 3.8) is 0 Å². The Morgan fingerprint density at radius 2 is 1.87 bits per heavy atom. The number of nitro benzene ring substituents is 1. The van der Waals surface area contributed by atoms with Gasteiger partial charge in [0.25, 0.3) is 11.2 Å². The van der Waals surface area contributed by atoms with Gasteiger partial charge in [-0.05, 0) is 73.5 Å². The van der Waals surface area contributed by atoms with Crippen LogP contribution in [0.15, 0.2) is 86.2 Å². The fourth-order valence-electron chi connectivity index (χ4n) is 5.11. The Labute approximate surface area is 281 Å². The number of carbonyl (C=O) groups is 1. The number of carbonyl (C=O) groups excluding carboxylic acids is 1. The van der Waals surface area contributed by atoms with E-state index >= 15 is 0 Å². The average Bonchev–Trinajstić information content (AvgIpc) is 3.34. The number of nitro groups is 1. The molecule has 238 valence electrons. The fraction of sp³-hybridized carbons (Fsp3) is 0.242. The van der Waals surface area contributed by atoms with E-state index in [0.717, 1.165) is 10.0 Å². The molecule has 3 aromatic carbocycles. The molecule has 46 heavy (non-hydrogen) atoms. The Bertz CT molecular complexity index is 2020. The van der Waals surface area contributed by atoms with E-state index in [2.05, 4.69) is 15.9 Å². The van der Waals surface area contributed by atoms with Crippen molar-refractivity contribution < 1.29 is 23.9 Å². The van der Waals surface area contributed by atoms with E-state index < -0.39 is 16.9 Å². The molecule has 0 saturated carbocycles. The molecule has 1 aliphatic heterocycles. The lowest BCUT2D eigenvalue weighted by atomic mass is 9.93. The maximum absolute atomic E-state index is 14.3. The number of thiazole rings is 1. The summed E-state index contributed by atoms with van der Waals surface area (Å²) in [5, 5.41) is 11.4. The highest BCUT2D eigenvalue weighted by atomic mass is 79.9. The summed E-state index contributed by atoms with van der Waals surface area (Å²) in [6.07, 6.45) is 2.92. The number of allylic oxidation sites excluding steroid dienone is 1. The maximum atomic E-state index is 14.3. The highest BCUT2D eigenvalue weighted by Crippen LogP contribution is 2.38. The van der Waals surface area contributed by atoms with Crippen molar-refractivity contribution in [2.24, 2.45) is 4.99 Å². The van der Waals surface area contributed by atoms with Gasteiger partial charge in [0.2, 0.25) is 0 Å². The Morgan fingerprint density at radius 3 is 2.54 bits per heavy atom. The summed E-state index contributed by atoms with van der Waals surface area (Å²) in [4.78, 5) is 43.6. The first-order valence-electron chi connectivity index (χ1n) is 14.4. The van der Waals surface area contributed by atoms with E-state index in [4.69, 9.17) is 30.8 Å². The van der Waals surface area contributed by atoms with Crippen LogP contribution in [0.4, 0.5) is 5.69 Å². The number of nitrogens with zero attached hydrogens (tertiary/aromatic N) is 3. The molecule has 2 heterocycles. The van der Waals surface area contributed by atoms with Gasteiger partial charge in [-0.1, -0.05) is 52.2 Å². The lowest BCUT2D eigenvalue weighted by molar-refractivity contribution is -0.384. The standard InChI is InChI=1S/C33H29BrClN3O7S/c1-4-6-25-29(32(40)44-5-2)30(24-17-22(35)10-14-27(24)43-3)37-31(39)28(46-33(37)36-25)16-20-15-21(34)9-13-26(20)45-18-19-7-11-23(12-8-19)38(41)42/h7-17,30H,4-6,18H2,1-3H3/b28-16+/t30-/m0/s1. The lowest BCUT2D eigenvalue weighted by Crippen LogP contribution is -2.40. The molecule has 13 heteroatoms. The number of non-ortho nitro benzene ring substituents is 1. The average molecular weight is 727 g/mol. The molecule has 1 aliphatic rings. The molecule has 0 fully saturated rings. The zero-order valence-corrected chi connectivity index (χ0v) is 28.3. The van der Waals surface area contributed by atoms with Crippen LogP contribution in [0.5, 0.6) is 11.5 Å². The van der Waals surface area contributed by atoms with Crippen molar-refractivity contribution in [2.75, 3.05) is 13.7 Å². The molecule has 1 aromatic heterocycles. The van der Waals surface area contributed by atoms with Crippen LogP contribution in [0.1, 0.15) is 49.4 Å². The summed E-state index contributed by atoms with van der Waals surface area (Å²) < 4.78 is 19.9. The Morgan fingerprint density at radius 1 is 1.13 bits per heavy atom. The molecule has 0 saturated heterocycles. The molecule has 0 amide bonds. The Hall–Kier alpha value is -4.26.